The molecule has 0 spiro atoms. The number of amides is 2. The van der Waals surface area contributed by atoms with E-state index in [1.807, 2.05) is 37.3 Å². The second-order valence-electron chi connectivity index (χ2n) is 8.66. The summed E-state index contributed by atoms with van der Waals surface area (Å²) in [5, 5.41) is 16.8. The molecule has 0 saturated heterocycles. The number of fused-ring (bicyclic) bond motifs is 1. The Morgan fingerprint density at radius 3 is 2.74 bits per heavy atom. The van der Waals surface area contributed by atoms with Gasteiger partial charge >= 0.3 is 0 Å². The van der Waals surface area contributed by atoms with Crippen LogP contribution in [0, 0.1) is 11.8 Å². The Morgan fingerprint density at radius 1 is 1.26 bits per heavy atom. The predicted molar refractivity (Wildman–Crippen MR) is 130 cm³/mol. The van der Waals surface area contributed by atoms with E-state index in [-0.39, 0.29) is 18.3 Å². The summed E-state index contributed by atoms with van der Waals surface area (Å²) in [5.74, 6) is 5.30. The Kier molecular flexibility index (Phi) is 6.85. The first-order valence-corrected chi connectivity index (χ1v) is 11.3. The number of carbonyl (C=O) groups is 2. The first-order chi connectivity index (χ1) is 16.7. The molecule has 35 heavy (non-hydrogen) atoms. The summed E-state index contributed by atoms with van der Waals surface area (Å²) in [6.07, 6.45) is 1.48. The van der Waals surface area contributed by atoms with Crippen molar-refractivity contribution in [3.63, 3.8) is 0 Å². The minimum absolute atomic E-state index is 0.0253. The topological polar surface area (TPSA) is 110 Å². The van der Waals surface area contributed by atoms with Crippen LogP contribution in [0.5, 0.6) is 5.75 Å². The molecule has 1 unspecified atom stereocenters. The van der Waals surface area contributed by atoms with Crippen LogP contribution < -0.4 is 15.0 Å². The van der Waals surface area contributed by atoms with E-state index >= 15 is 0 Å². The fourth-order valence-electron chi connectivity index (χ4n) is 3.60. The van der Waals surface area contributed by atoms with Crippen LogP contribution >= 0.6 is 0 Å². The van der Waals surface area contributed by atoms with E-state index in [9.17, 15) is 14.7 Å². The lowest BCUT2D eigenvalue weighted by Gasteiger charge is -2.23. The average Bonchev–Trinajstić information content (AvgIpc) is 3.25. The summed E-state index contributed by atoms with van der Waals surface area (Å²) in [4.78, 5) is 31.8. The van der Waals surface area contributed by atoms with E-state index in [1.54, 1.807) is 41.6 Å². The van der Waals surface area contributed by atoms with Crippen LogP contribution in [0.4, 0.5) is 5.69 Å². The molecule has 1 aliphatic rings. The molecule has 4 rings (SSSR count). The van der Waals surface area contributed by atoms with Crippen molar-refractivity contribution in [1.82, 2.24) is 20.1 Å². The molecule has 0 aliphatic carbocycles. The van der Waals surface area contributed by atoms with E-state index in [0.29, 0.717) is 30.1 Å². The molecule has 0 fully saturated rings. The number of anilines is 1. The van der Waals surface area contributed by atoms with Crippen LogP contribution in [0.15, 0.2) is 54.9 Å². The fourth-order valence-corrected chi connectivity index (χ4v) is 3.60. The molecule has 3 aromatic rings. The van der Waals surface area contributed by atoms with E-state index in [1.165, 1.54) is 6.33 Å². The third-order valence-corrected chi connectivity index (χ3v) is 5.28. The number of ether oxygens (including phenoxy) is 1. The number of hydrogen-bond acceptors (Lipinski definition) is 6. The summed E-state index contributed by atoms with van der Waals surface area (Å²) >= 11 is 0. The van der Waals surface area contributed by atoms with Gasteiger partial charge in [0.25, 0.3) is 11.8 Å². The van der Waals surface area contributed by atoms with E-state index in [0.717, 1.165) is 5.56 Å². The lowest BCUT2D eigenvalue weighted by atomic mass is 10.1. The van der Waals surface area contributed by atoms with E-state index < -0.39 is 17.6 Å². The van der Waals surface area contributed by atoms with Gasteiger partial charge in [-0.05, 0) is 44.5 Å². The summed E-state index contributed by atoms with van der Waals surface area (Å²) in [6.45, 7) is 5.85. The van der Waals surface area contributed by atoms with Crippen molar-refractivity contribution in [3.05, 3.63) is 71.8 Å². The largest absolute Gasteiger partial charge is 0.489 e. The lowest BCUT2D eigenvalue weighted by Crippen LogP contribution is -2.50. The van der Waals surface area contributed by atoms with Gasteiger partial charge in [-0.2, -0.15) is 0 Å². The maximum absolute atomic E-state index is 13.3. The van der Waals surface area contributed by atoms with Crippen LogP contribution in [0.2, 0.25) is 0 Å². The van der Waals surface area contributed by atoms with Crippen molar-refractivity contribution in [2.24, 2.45) is 0 Å². The Morgan fingerprint density at radius 2 is 2.03 bits per heavy atom. The van der Waals surface area contributed by atoms with Crippen molar-refractivity contribution in [1.29, 1.82) is 0 Å². The number of benzene rings is 2. The molecule has 0 radical (unpaired) electrons. The van der Waals surface area contributed by atoms with Gasteiger partial charge in [0, 0.05) is 12.1 Å². The zero-order chi connectivity index (χ0) is 25.0. The Bertz CT molecular complexity index is 1280. The summed E-state index contributed by atoms with van der Waals surface area (Å²) in [7, 11) is 0. The fraction of sp³-hybridized carbons (Fsp3) is 0.308. The number of hydrogen-bond donors (Lipinski definition) is 2. The van der Waals surface area contributed by atoms with Gasteiger partial charge in [0.2, 0.25) is 5.82 Å². The Labute approximate surface area is 203 Å². The minimum Gasteiger partial charge on any atom is -0.489 e. The van der Waals surface area contributed by atoms with Crippen molar-refractivity contribution in [2.75, 3.05) is 18.1 Å². The standard InChI is InChI=1S/C26H27N5O4/c1-4-31-21-14-18(12-13-26(2,3)34)10-11-22(21)35-16-20(25(31)33)28-24(32)23-27-17-30(29-23)15-19-8-6-5-7-9-19/h5-11,14,17,20,34H,4,15-16H2,1-3H3,(H,28,32). The zero-order valence-corrected chi connectivity index (χ0v) is 19.9. The lowest BCUT2D eigenvalue weighted by molar-refractivity contribution is -0.120. The van der Waals surface area contributed by atoms with E-state index in [2.05, 4.69) is 27.2 Å². The molecule has 0 saturated carbocycles. The summed E-state index contributed by atoms with van der Waals surface area (Å²) < 4.78 is 7.43. The zero-order valence-electron chi connectivity index (χ0n) is 19.9. The van der Waals surface area contributed by atoms with Crippen LogP contribution in [0.25, 0.3) is 0 Å². The van der Waals surface area contributed by atoms with Gasteiger partial charge in [-0.1, -0.05) is 42.2 Å². The molecule has 2 N–H and O–H groups in total. The van der Waals surface area contributed by atoms with Gasteiger partial charge in [-0.3, -0.25) is 9.59 Å². The highest BCUT2D eigenvalue weighted by molar-refractivity contribution is 6.02. The van der Waals surface area contributed by atoms with Gasteiger partial charge in [0.05, 0.1) is 12.2 Å². The van der Waals surface area contributed by atoms with E-state index in [4.69, 9.17) is 4.74 Å². The Hall–Kier alpha value is -4.16. The second kappa shape index (κ2) is 9.99. The summed E-state index contributed by atoms with van der Waals surface area (Å²) in [5.41, 5.74) is 1.08. The molecule has 1 aromatic heterocycles. The van der Waals surface area contributed by atoms with Gasteiger partial charge < -0.3 is 20.1 Å². The van der Waals surface area contributed by atoms with Crippen LogP contribution in [-0.4, -0.2) is 56.5 Å². The highest BCUT2D eigenvalue weighted by Gasteiger charge is 2.33. The molecule has 9 heteroatoms. The number of rotatable bonds is 5. The highest BCUT2D eigenvalue weighted by Crippen LogP contribution is 2.32. The highest BCUT2D eigenvalue weighted by atomic mass is 16.5. The minimum atomic E-state index is -1.14. The van der Waals surface area contributed by atoms with Crippen molar-refractivity contribution in [2.45, 2.75) is 39.0 Å². The molecule has 2 amide bonds. The predicted octanol–water partition coefficient (Wildman–Crippen LogP) is 1.99. The molecule has 1 atom stereocenters. The maximum atomic E-state index is 13.3. The first kappa shape index (κ1) is 24.0. The molecule has 2 aromatic carbocycles. The van der Waals surface area contributed by atoms with Crippen LogP contribution in [0.3, 0.4) is 0 Å². The maximum Gasteiger partial charge on any atom is 0.291 e. The third-order valence-electron chi connectivity index (χ3n) is 5.28. The van der Waals surface area contributed by atoms with Gasteiger partial charge in [-0.15, -0.1) is 5.10 Å². The van der Waals surface area contributed by atoms with Crippen LogP contribution in [-0.2, 0) is 11.3 Å². The monoisotopic (exact) mass is 473 g/mol. The first-order valence-electron chi connectivity index (χ1n) is 11.3. The van der Waals surface area contributed by atoms with Gasteiger partial charge in [0.15, 0.2) is 0 Å². The van der Waals surface area contributed by atoms with Gasteiger partial charge in [-0.25, -0.2) is 9.67 Å². The SMILES string of the molecule is CCN1C(=O)C(NC(=O)c2ncn(Cc3ccccc3)n2)COc2ccc(C#CC(C)(C)O)cc21. The third kappa shape index (κ3) is 5.86. The van der Waals surface area contributed by atoms with Crippen molar-refractivity contribution < 1.29 is 19.4 Å². The molecule has 180 valence electrons. The number of carbonyl (C=O) groups excluding carboxylic acids is 2. The second-order valence-corrected chi connectivity index (χ2v) is 8.66. The number of likely N-dealkylation sites (N-methyl/N-ethyl adjacent to an activating group) is 1. The smallest absolute Gasteiger partial charge is 0.291 e. The van der Waals surface area contributed by atoms with Crippen molar-refractivity contribution >= 4 is 17.5 Å². The average molecular weight is 474 g/mol. The Balaban J connectivity index is 1.49. The summed E-state index contributed by atoms with van der Waals surface area (Å²) in [6, 6.07) is 14.0. The number of nitrogens with zero attached hydrogens (tertiary/aromatic N) is 4. The van der Waals surface area contributed by atoms with Crippen molar-refractivity contribution in [3.8, 4) is 17.6 Å². The normalized spacial score (nSPS) is 15.4. The molecular weight excluding hydrogens is 446 g/mol. The van der Waals surface area contributed by atoms with Crippen LogP contribution in [0.1, 0.15) is 42.5 Å². The quantitative estimate of drug-likeness (QED) is 0.549. The molecule has 2 heterocycles. The van der Waals surface area contributed by atoms with Gasteiger partial charge in [0.1, 0.15) is 30.3 Å². The molecule has 1 aliphatic heterocycles. The molecule has 0 bridgehead atoms. The number of aliphatic hydroxyl groups is 1. The molecular formula is C26H27N5O4. The number of nitrogens with one attached hydrogen (secondary N) is 1. The molecule has 9 nitrogen and oxygen atoms in total. The number of aromatic nitrogens is 3.